The number of ketones is 2. The van der Waals surface area contributed by atoms with Crippen LogP contribution in [-0.4, -0.2) is 78.7 Å². The number of allylic oxidation sites excluding steroid dienone is 2. The maximum atomic E-state index is 13.4. The second-order valence-electron chi connectivity index (χ2n) is 7.25. The number of nitrogens with zero attached hydrogens (tertiary/aromatic N) is 1. The van der Waals surface area contributed by atoms with Gasteiger partial charge < -0.3 is 30.7 Å². The summed E-state index contributed by atoms with van der Waals surface area (Å²) >= 11 is 1.63. The molecule has 0 aromatic rings. The number of piperazine rings is 1. The Morgan fingerprint density at radius 2 is 2.22 bits per heavy atom. The van der Waals surface area contributed by atoms with Gasteiger partial charge in [0.1, 0.15) is 6.61 Å². The number of carbonyl (C=O) groups is 3. The molecule has 0 aromatic heterocycles. The number of hydrogen-bond acceptors (Lipinski definition) is 9. The van der Waals surface area contributed by atoms with Crippen LogP contribution in [0.5, 0.6) is 0 Å². The smallest absolute Gasteiger partial charge is 0.404 e. The standard InChI is InChI=1S/C17H20N4O5S/c1-25-17-8(5-26-16(18)24)10-12(21(17)4-9-15(17)20-9)13(22)7-6-27-3-2-19-11(7)14(10)23/h8-9,15,19-20H,2-6H2,1H3,(H2,18,24)/t8-,9+,15+,17-/m1/s1. The van der Waals surface area contributed by atoms with E-state index in [4.69, 9.17) is 15.2 Å². The molecule has 27 heavy (non-hydrogen) atoms. The summed E-state index contributed by atoms with van der Waals surface area (Å²) in [6, 6.07) is 0.160. The lowest BCUT2D eigenvalue weighted by molar-refractivity contribution is -0.137. The fourth-order valence-electron chi connectivity index (χ4n) is 4.97. The minimum atomic E-state index is -0.923. The maximum Gasteiger partial charge on any atom is 0.404 e. The summed E-state index contributed by atoms with van der Waals surface area (Å²) in [4.78, 5) is 39.9. The van der Waals surface area contributed by atoms with Crippen LogP contribution in [0.1, 0.15) is 0 Å². The molecule has 144 valence electrons. The minimum Gasteiger partial charge on any atom is -0.449 e. The summed E-state index contributed by atoms with van der Waals surface area (Å²) in [5.74, 6) is 0.407. The first-order valence-electron chi connectivity index (χ1n) is 8.90. The molecule has 0 unspecified atom stereocenters. The highest BCUT2D eigenvalue weighted by atomic mass is 32.2. The molecular formula is C17H20N4O5S. The molecular weight excluding hydrogens is 372 g/mol. The SMILES string of the molecule is CO[C@@]12[C@H](COC(N)=O)C3=C(C(=O)C4=C(NCCSC4)C3=O)N1C[C@@H]1N[C@@H]12. The topological polar surface area (TPSA) is 133 Å². The van der Waals surface area contributed by atoms with Crippen LogP contribution in [0.25, 0.3) is 0 Å². The zero-order valence-corrected chi connectivity index (χ0v) is 15.6. The van der Waals surface area contributed by atoms with Crippen molar-refractivity contribution in [3.63, 3.8) is 0 Å². The number of nitrogens with one attached hydrogen (secondary N) is 2. The molecule has 5 aliphatic rings. The number of hydrogen-bond donors (Lipinski definition) is 3. The molecule has 2 saturated heterocycles. The molecule has 0 aromatic carbocycles. The van der Waals surface area contributed by atoms with E-state index < -0.39 is 17.7 Å². The van der Waals surface area contributed by atoms with Gasteiger partial charge in [0.05, 0.1) is 23.4 Å². The normalized spacial score (nSPS) is 36.6. The molecule has 0 radical (unpaired) electrons. The van der Waals surface area contributed by atoms with Gasteiger partial charge in [-0.05, 0) is 0 Å². The molecule has 0 bridgehead atoms. The fraction of sp³-hybridized carbons (Fsp3) is 0.588. The van der Waals surface area contributed by atoms with E-state index in [1.807, 2.05) is 4.90 Å². The Kier molecular flexibility index (Phi) is 3.62. The fourth-order valence-corrected chi connectivity index (χ4v) is 5.84. The van der Waals surface area contributed by atoms with Gasteiger partial charge in [-0.2, -0.15) is 11.8 Å². The highest BCUT2D eigenvalue weighted by Crippen LogP contribution is 2.55. The van der Waals surface area contributed by atoms with Gasteiger partial charge in [0.25, 0.3) is 0 Å². The van der Waals surface area contributed by atoms with E-state index in [9.17, 15) is 14.4 Å². The lowest BCUT2D eigenvalue weighted by Crippen LogP contribution is -2.55. The van der Waals surface area contributed by atoms with Crippen molar-refractivity contribution in [1.82, 2.24) is 15.5 Å². The minimum absolute atomic E-state index is 0.0303. The number of rotatable bonds is 3. The number of amides is 1. The van der Waals surface area contributed by atoms with E-state index in [1.54, 1.807) is 18.9 Å². The largest absolute Gasteiger partial charge is 0.449 e. The molecule has 5 rings (SSSR count). The van der Waals surface area contributed by atoms with Crippen molar-refractivity contribution in [3.8, 4) is 0 Å². The van der Waals surface area contributed by atoms with Crippen LogP contribution in [-0.2, 0) is 19.1 Å². The van der Waals surface area contributed by atoms with E-state index in [0.717, 1.165) is 5.75 Å². The number of thioether (sulfide) groups is 1. The molecule has 4 heterocycles. The van der Waals surface area contributed by atoms with Crippen LogP contribution in [0.3, 0.4) is 0 Å². The number of Topliss-reactive ketones (excluding diaryl/α,β-unsaturated/α-hetero) is 2. The number of primary amides is 1. The summed E-state index contributed by atoms with van der Waals surface area (Å²) in [6.45, 7) is 1.09. The van der Waals surface area contributed by atoms with Crippen LogP contribution < -0.4 is 16.4 Å². The zero-order valence-electron chi connectivity index (χ0n) is 14.7. The quantitative estimate of drug-likeness (QED) is 0.396. The van der Waals surface area contributed by atoms with Crippen molar-refractivity contribution in [2.75, 3.05) is 38.3 Å². The van der Waals surface area contributed by atoms with Gasteiger partial charge >= 0.3 is 6.09 Å². The Balaban J connectivity index is 1.62. The molecule has 2 fully saturated rings. The Labute approximate surface area is 159 Å². The van der Waals surface area contributed by atoms with E-state index in [-0.39, 0.29) is 30.3 Å². The monoisotopic (exact) mass is 392 g/mol. The van der Waals surface area contributed by atoms with Crippen molar-refractivity contribution >= 4 is 29.4 Å². The number of methoxy groups -OCH3 is 1. The number of fused-ring (bicyclic) bond motifs is 4. The lowest BCUT2D eigenvalue weighted by atomic mass is 9.82. The first kappa shape index (κ1) is 17.1. The number of carbonyl (C=O) groups excluding carboxylic acids is 3. The second-order valence-corrected chi connectivity index (χ2v) is 8.36. The van der Waals surface area contributed by atoms with E-state index in [0.29, 0.717) is 41.4 Å². The summed E-state index contributed by atoms with van der Waals surface area (Å²) in [6.07, 6.45) is -0.918. The van der Waals surface area contributed by atoms with Crippen LogP contribution in [0.15, 0.2) is 22.5 Å². The molecule has 1 aliphatic carbocycles. The van der Waals surface area contributed by atoms with E-state index in [2.05, 4.69) is 10.6 Å². The molecule has 0 saturated carbocycles. The third-order valence-corrected chi connectivity index (χ3v) is 7.07. The molecule has 4 N–H and O–H groups in total. The number of nitrogens with two attached hydrogens (primary N) is 1. The summed E-state index contributed by atoms with van der Waals surface area (Å²) in [7, 11) is 1.56. The van der Waals surface area contributed by atoms with Crippen molar-refractivity contribution in [1.29, 1.82) is 0 Å². The Morgan fingerprint density at radius 1 is 1.41 bits per heavy atom. The average molecular weight is 392 g/mol. The van der Waals surface area contributed by atoms with Crippen LogP contribution in [0, 0.1) is 5.92 Å². The van der Waals surface area contributed by atoms with Crippen molar-refractivity contribution in [2.24, 2.45) is 11.7 Å². The molecule has 9 nitrogen and oxygen atoms in total. The lowest BCUT2D eigenvalue weighted by Gasteiger charge is -2.39. The van der Waals surface area contributed by atoms with E-state index in [1.165, 1.54) is 0 Å². The van der Waals surface area contributed by atoms with Crippen LogP contribution in [0.4, 0.5) is 4.79 Å². The van der Waals surface area contributed by atoms with Crippen LogP contribution in [0.2, 0.25) is 0 Å². The Bertz CT molecular complexity index is 839. The Hall–Kier alpha value is -2.04. The third-order valence-electron chi connectivity index (χ3n) is 6.08. The van der Waals surface area contributed by atoms with E-state index >= 15 is 0 Å². The van der Waals surface area contributed by atoms with Gasteiger partial charge in [-0.25, -0.2) is 4.79 Å². The van der Waals surface area contributed by atoms with Gasteiger partial charge in [0.15, 0.2) is 5.72 Å². The van der Waals surface area contributed by atoms with Crippen LogP contribution >= 0.6 is 11.8 Å². The molecule has 4 atom stereocenters. The molecule has 4 aliphatic heterocycles. The first-order valence-corrected chi connectivity index (χ1v) is 10.1. The summed E-state index contributed by atoms with van der Waals surface area (Å²) in [5.41, 5.74) is 5.92. The molecule has 1 amide bonds. The summed E-state index contributed by atoms with van der Waals surface area (Å²) < 4.78 is 11.0. The van der Waals surface area contributed by atoms with Gasteiger partial charge in [-0.1, -0.05) is 0 Å². The molecule has 10 heteroatoms. The summed E-state index contributed by atoms with van der Waals surface area (Å²) in [5, 5.41) is 6.47. The average Bonchev–Trinajstić information content (AvgIpc) is 3.32. The highest BCUT2D eigenvalue weighted by Gasteiger charge is 2.72. The van der Waals surface area contributed by atoms with Gasteiger partial charge in [0, 0.05) is 48.9 Å². The highest BCUT2D eigenvalue weighted by molar-refractivity contribution is 7.99. The van der Waals surface area contributed by atoms with Gasteiger partial charge in [0.2, 0.25) is 11.6 Å². The van der Waals surface area contributed by atoms with Crippen molar-refractivity contribution in [2.45, 2.75) is 17.8 Å². The Morgan fingerprint density at radius 3 is 2.96 bits per heavy atom. The predicted octanol–water partition coefficient (Wildman–Crippen LogP) is -1.29. The predicted molar refractivity (Wildman–Crippen MR) is 95.6 cm³/mol. The first-order chi connectivity index (χ1) is 13.0. The third kappa shape index (κ3) is 2.11. The molecule has 0 spiro atoms. The maximum absolute atomic E-state index is 13.4. The van der Waals surface area contributed by atoms with Crippen molar-refractivity contribution in [3.05, 3.63) is 22.5 Å². The number of ether oxygens (including phenoxy) is 2. The zero-order chi connectivity index (χ0) is 18.9. The second kappa shape index (κ2) is 5.73. The van der Waals surface area contributed by atoms with Gasteiger partial charge in [-0.3, -0.25) is 9.59 Å². The van der Waals surface area contributed by atoms with Gasteiger partial charge in [-0.15, -0.1) is 0 Å². The van der Waals surface area contributed by atoms with Crippen molar-refractivity contribution < 1.29 is 23.9 Å².